The average Bonchev–Trinajstić information content (AvgIpc) is 2.29. The molecule has 0 aliphatic heterocycles. The maximum atomic E-state index is 12.7. The van der Waals surface area contributed by atoms with Crippen molar-refractivity contribution in [2.24, 2.45) is 0 Å². The Bertz CT molecular complexity index is 331. The van der Waals surface area contributed by atoms with E-state index in [9.17, 15) is 13.2 Å². The van der Waals surface area contributed by atoms with E-state index in [2.05, 4.69) is 0 Å². The molecule has 0 spiro atoms. The Morgan fingerprint density at radius 1 is 1.00 bits per heavy atom. The van der Waals surface area contributed by atoms with Gasteiger partial charge in [0.2, 0.25) is 0 Å². The Morgan fingerprint density at radius 2 is 1.53 bits per heavy atom. The molecule has 0 atom stereocenters. The van der Waals surface area contributed by atoms with Crippen LogP contribution >= 0.6 is 0 Å². The Morgan fingerprint density at radius 3 is 1.87 bits per heavy atom. The van der Waals surface area contributed by atoms with Crippen molar-refractivity contribution in [3.63, 3.8) is 0 Å². The third-order valence-electron chi connectivity index (χ3n) is 2.19. The fourth-order valence-electron chi connectivity index (χ4n) is 1.53. The van der Waals surface area contributed by atoms with Crippen LogP contribution in [0, 0.1) is 0 Å². The zero-order valence-corrected chi connectivity index (χ0v) is 8.56. The molecule has 0 amide bonds. The topological polar surface area (TPSA) is 0 Å². The van der Waals surface area contributed by atoms with Gasteiger partial charge in [0.15, 0.2) is 0 Å². The van der Waals surface area contributed by atoms with Crippen LogP contribution in [0.1, 0.15) is 29.2 Å². The van der Waals surface area contributed by atoms with Gasteiger partial charge in [-0.2, -0.15) is 0 Å². The highest BCUT2D eigenvalue weighted by Crippen LogP contribution is 2.22. The second kappa shape index (κ2) is 5.59. The molecule has 0 nitrogen and oxygen atoms in total. The zero-order valence-electron chi connectivity index (χ0n) is 8.56. The first-order chi connectivity index (χ1) is 7.26. The number of hydrogen-bond donors (Lipinski definition) is 0. The predicted octanol–water partition coefficient (Wildman–Crippen LogP) is 4.13. The summed E-state index contributed by atoms with van der Waals surface area (Å²) in [7, 11) is 0. The van der Waals surface area contributed by atoms with Gasteiger partial charge in [0.05, 0.1) is 0 Å². The van der Waals surface area contributed by atoms with Crippen molar-refractivity contribution in [1.82, 2.24) is 0 Å². The maximum absolute atomic E-state index is 12.7. The van der Waals surface area contributed by atoms with E-state index in [0.29, 0.717) is 22.3 Å². The number of hydrogen-bond acceptors (Lipinski definition) is 0. The molecule has 1 rings (SSSR count). The molecular formula is C12H13F3. The van der Waals surface area contributed by atoms with Crippen molar-refractivity contribution < 1.29 is 13.2 Å². The summed E-state index contributed by atoms with van der Waals surface area (Å²) < 4.78 is 37.7. The van der Waals surface area contributed by atoms with Crippen LogP contribution in [0.25, 0.3) is 6.08 Å². The molecule has 0 radical (unpaired) electrons. The largest absolute Gasteiger partial charge is 0.246 e. The van der Waals surface area contributed by atoms with E-state index in [0.717, 1.165) is 0 Å². The number of halogens is 3. The summed E-state index contributed by atoms with van der Waals surface area (Å²) in [5.41, 5.74) is 1.54. The standard InChI is InChI=1S/C12H13F3/c1-2-3-12-10(7-14)4-9(6-13)5-11(12)8-15/h2-5H,6-8H2,1H3. The third-order valence-corrected chi connectivity index (χ3v) is 2.19. The Balaban J connectivity index is 3.32. The van der Waals surface area contributed by atoms with Gasteiger partial charge >= 0.3 is 0 Å². The summed E-state index contributed by atoms with van der Waals surface area (Å²) in [6, 6.07) is 2.88. The van der Waals surface area contributed by atoms with Gasteiger partial charge in [-0.3, -0.25) is 0 Å². The van der Waals surface area contributed by atoms with E-state index in [1.165, 1.54) is 12.1 Å². The molecule has 0 saturated heterocycles. The van der Waals surface area contributed by atoms with E-state index < -0.39 is 20.0 Å². The van der Waals surface area contributed by atoms with Gasteiger partial charge in [-0.25, -0.2) is 13.2 Å². The van der Waals surface area contributed by atoms with Crippen molar-refractivity contribution in [1.29, 1.82) is 0 Å². The van der Waals surface area contributed by atoms with E-state index in [-0.39, 0.29) is 0 Å². The van der Waals surface area contributed by atoms with Crippen LogP contribution in [0.5, 0.6) is 0 Å². The second-order valence-corrected chi connectivity index (χ2v) is 3.23. The fraction of sp³-hybridized carbons (Fsp3) is 0.333. The van der Waals surface area contributed by atoms with Crippen molar-refractivity contribution in [3.8, 4) is 0 Å². The number of alkyl halides is 3. The highest BCUT2D eigenvalue weighted by atomic mass is 19.1. The van der Waals surface area contributed by atoms with E-state index >= 15 is 0 Å². The highest BCUT2D eigenvalue weighted by Gasteiger charge is 2.08. The van der Waals surface area contributed by atoms with Crippen LogP contribution in [0.3, 0.4) is 0 Å². The maximum Gasteiger partial charge on any atom is 0.115 e. The van der Waals surface area contributed by atoms with Gasteiger partial charge in [-0.1, -0.05) is 12.2 Å². The first kappa shape index (κ1) is 11.8. The van der Waals surface area contributed by atoms with Crippen LogP contribution in [0.2, 0.25) is 0 Å². The molecule has 0 aromatic heterocycles. The molecule has 3 heteroatoms. The van der Waals surface area contributed by atoms with Crippen LogP contribution < -0.4 is 0 Å². The molecule has 0 fully saturated rings. The van der Waals surface area contributed by atoms with Crippen molar-refractivity contribution in [2.75, 3.05) is 0 Å². The summed E-state index contributed by atoms with van der Waals surface area (Å²) in [5.74, 6) is 0. The lowest BCUT2D eigenvalue weighted by molar-refractivity contribution is 0.464. The third kappa shape index (κ3) is 2.61. The van der Waals surface area contributed by atoms with Crippen LogP contribution in [-0.2, 0) is 20.0 Å². The fourth-order valence-corrected chi connectivity index (χ4v) is 1.53. The minimum atomic E-state index is -0.708. The first-order valence-electron chi connectivity index (χ1n) is 4.72. The Hall–Kier alpha value is -1.25. The van der Waals surface area contributed by atoms with Crippen molar-refractivity contribution in [3.05, 3.63) is 40.5 Å². The monoisotopic (exact) mass is 214 g/mol. The highest BCUT2D eigenvalue weighted by molar-refractivity contribution is 5.58. The number of benzene rings is 1. The lowest BCUT2D eigenvalue weighted by Crippen LogP contribution is -1.95. The molecule has 15 heavy (non-hydrogen) atoms. The van der Waals surface area contributed by atoms with Crippen LogP contribution in [0.4, 0.5) is 13.2 Å². The predicted molar refractivity (Wildman–Crippen MR) is 55.6 cm³/mol. The quantitative estimate of drug-likeness (QED) is 0.707. The van der Waals surface area contributed by atoms with Crippen LogP contribution in [0.15, 0.2) is 18.2 Å². The average molecular weight is 214 g/mol. The van der Waals surface area contributed by atoms with Gasteiger partial charge in [-0.05, 0) is 41.3 Å². The number of allylic oxidation sites excluding steroid dienone is 1. The minimum absolute atomic E-state index is 0.323. The summed E-state index contributed by atoms with van der Waals surface area (Å²) in [4.78, 5) is 0. The summed E-state index contributed by atoms with van der Waals surface area (Å²) in [5, 5.41) is 0. The van der Waals surface area contributed by atoms with Gasteiger partial charge < -0.3 is 0 Å². The molecule has 0 unspecified atom stereocenters. The van der Waals surface area contributed by atoms with Gasteiger partial charge in [0.1, 0.15) is 20.0 Å². The smallest absolute Gasteiger partial charge is 0.115 e. The minimum Gasteiger partial charge on any atom is -0.246 e. The van der Waals surface area contributed by atoms with E-state index in [1.54, 1.807) is 19.1 Å². The summed E-state index contributed by atoms with van der Waals surface area (Å²) in [6.45, 7) is -0.343. The molecular weight excluding hydrogens is 201 g/mol. The lowest BCUT2D eigenvalue weighted by atomic mass is 9.98. The van der Waals surface area contributed by atoms with E-state index in [1.807, 2.05) is 0 Å². The molecule has 0 saturated carbocycles. The molecule has 0 aliphatic rings. The normalized spacial score (nSPS) is 11.2. The Labute approximate surface area is 87.4 Å². The molecule has 0 N–H and O–H groups in total. The van der Waals surface area contributed by atoms with Crippen LogP contribution in [-0.4, -0.2) is 0 Å². The van der Waals surface area contributed by atoms with Crippen molar-refractivity contribution >= 4 is 6.08 Å². The van der Waals surface area contributed by atoms with Gasteiger partial charge in [0.25, 0.3) is 0 Å². The Kier molecular flexibility index (Phi) is 4.40. The zero-order chi connectivity index (χ0) is 11.3. The molecule has 1 aromatic carbocycles. The summed E-state index contributed by atoms with van der Waals surface area (Å²) >= 11 is 0. The SMILES string of the molecule is CC=Cc1c(CF)cc(CF)cc1CF. The second-order valence-electron chi connectivity index (χ2n) is 3.23. The molecule has 0 heterocycles. The molecule has 0 bridgehead atoms. The molecule has 1 aromatic rings. The lowest BCUT2D eigenvalue weighted by Gasteiger charge is -2.09. The molecule has 82 valence electrons. The number of rotatable bonds is 4. The first-order valence-corrected chi connectivity index (χ1v) is 4.72. The van der Waals surface area contributed by atoms with Gasteiger partial charge in [-0.15, -0.1) is 0 Å². The molecule has 0 aliphatic carbocycles. The van der Waals surface area contributed by atoms with E-state index in [4.69, 9.17) is 0 Å². The van der Waals surface area contributed by atoms with Gasteiger partial charge in [0, 0.05) is 0 Å². The van der Waals surface area contributed by atoms with Crippen molar-refractivity contribution in [2.45, 2.75) is 26.9 Å². The summed E-state index contributed by atoms with van der Waals surface area (Å²) in [6.07, 6.45) is 3.36.